The molecule has 3 nitrogen and oxygen atoms in total. The van der Waals surface area contributed by atoms with E-state index in [1.807, 2.05) is 24.3 Å². The molecule has 1 aliphatic heterocycles. The molecule has 1 saturated heterocycles. The van der Waals surface area contributed by atoms with E-state index in [4.69, 9.17) is 9.47 Å². The first-order valence-electron chi connectivity index (χ1n) is 6.54. The second-order valence-electron chi connectivity index (χ2n) is 4.73. The van der Waals surface area contributed by atoms with Crippen molar-refractivity contribution in [2.24, 2.45) is 0 Å². The van der Waals surface area contributed by atoms with Crippen molar-refractivity contribution in [1.29, 1.82) is 0 Å². The topological polar surface area (TPSA) is 35.5 Å². The summed E-state index contributed by atoms with van der Waals surface area (Å²) in [6.07, 6.45) is 0.427. The Balaban J connectivity index is 1.75. The highest BCUT2D eigenvalue weighted by atomic mass is 16.7. The molecule has 0 N–H and O–H groups in total. The van der Waals surface area contributed by atoms with Crippen molar-refractivity contribution in [3.05, 3.63) is 48.0 Å². The van der Waals surface area contributed by atoms with Gasteiger partial charge in [0.15, 0.2) is 6.29 Å². The lowest BCUT2D eigenvalue weighted by molar-refractivity contribution is -0.126. The first-order chi connectivity index (χ1) is 9.33. The van der Waals surface area contributed by atoms with E-state index in [0.717, 1.165) is 10.9 Å². The van der Waals surface area contributed by atoms with E-state index in [1.165, 1.54) is 5.39 Å². The van der Waals surface area contributed by atoms with Gasteiger partial charge in [0.2, 0.25) is 0 Å². The van der Waals surface area contributed by atoms with Gasteiger partial charge in [-0.1, -0.05) is 42.5 Å². The molecular formula is C16H16O3. The van der Waals surface area contributed by atoms with Crippen LogP contribution in [-0.2, 0) is 20.7 Å². The SMILES string of the molecule is O=C(Cc1cccc2ccccc12)CC1OCCO1. The van der Waals surface area contributed by atoms with Crippen LogP contribution in [0, 0.1) is 0 Å². The van der Waals surface area contributed by atoms with Crippen LogP contribution in [0.2, 0.25) is 0 Å². The van der Waals surface area contributed by atoms with Crippen LogP contribution in [0.1, 0.15) is 12.0 Å². The molecule has 0 atom stereocenters. The Hall–Kier alpha value is -1.71. The zero-order chi connectivity index (χ0) is 13.1. The molecule has 0 aliphatic carbocycles. The summed E-state index contributed by atoms with van der Waals surface area (Å²) < 4.78 is 10.6. The van der Waals surface area contributed by atoms with E-state index in [1.54, 1.807) is 0 Å². The van der Waals surface area contributed by atoms with E-state index >= 15 is 0 Å². The van der Waals surface area contributed by atoms with E-state index in [2.05, 4.69) is 18.2 Å². The fourth-order valence-electron chi connectivity index (χ4n) is 2.44. The molecule has 0 amide bonds. The Morgan fingerprint density at radius 1 is 1.05 bits per heavy atom. The van der Waals surface area contributed by atoms with Crippen LogP contribution in [0.4, 0.5) is 0 Å². The molecule has 2 aromatic carbocycles. The summed E-state index contributed by atoms with van der Waals surface area (Å²) in [6.45, 7) is 1.18. The molecular weight excluding hydrogens is 240 g/mol. The minimum Gasteiger partial charge on any atom is -0.350 e. The van der Waals surface area contributed by atoms with Crippen molar-refractivity contribution in [3.8, 4) is 0 Å². The predicted molar refractivity (Wildman–Crippen MR) is 73.0 cm³/mol. The number of rotatable bonds is 4. The minimum absolute atomic E-state index is 0.156. The van der Waals surface area contributed by atoms with Gasteiger partial charge in [-0.15, -0.1) is 0 Å². The number of carbonyl (C=O) groups is 1. The van der Waals surface area contributed by atoms with Crippen LogP contribution in [0.25, 0.3) is 10.8 Å². The molecule has 98 valence electrons. The number of ketones is 1. The highest BCUT2D eigenvalue weighted by Gasteiger charge is 2.20. The lowest BCUT2D eigenvalue weighted by Gasteiger charge is -2.09. The van der Waals surface area contributed by atoms with Crippen molar-refractivity contribution in [3.63, 3.8) is 0 Å². The predicted octanol–water partition coefficient (Wildman–Crippen LogP) is 2.71. The second kappa shape index (κ2) is 5.51. The van der Waals surface area contributed by atoms with E-state index in [9.17, 15) is 4.79 Å². The largest absolute Gasteiger partial charge is 0.350 e. The summed E-state index contributed by atoms with van der Waals surface area (Å²) in [5.74, 6) is 0.156. The molecule has 1 fully saturated rings. The molecule has 1 aliphatic rings. The molecule has 0 radical (unpaired) electrons. The molecule has 19 heavy (non-hydrogen) atoms. The van der Waals surface area contributed by atoms with Gasteiger partial charge in [-0.05, 0) is 16.3 Å². The number of Topliss-reactive ketones (excluding diaryl/α,β-unsaturated/α-hetero) is 1. The van der Waals surface area contributed by atoms with Gasteiger partial charge in [-0.2, -0.15) is 0 Å². The summed E-state index contributed by atoms with van der Waals surface area (Å²) >= 11 is 0. The van der Waals surface area contributed by atoms with Gasteiger partial charge in [0.1, 0.15) is 5.78 Å². The van der Waals surface area contributed by atoms with Gasteiger partial charge in [0.25, 0.3) is 0 Å². The summed E-state index contributed by atoms with van der Waals surface area (Å²) in [5, 5.41) is 2.31. The summed E-state index contributed by atoms with van der Waals surface area (Å²) in [6, 6.07) is 14.2. The van der Waals surface area contributed by atoms with Crippen LogP contribution in [0.5, 0.6) is 0 Å². The van der Waals surface area contributed by atoms with E-state index in [0.29, 0.717) is 26.1 Å². The minimum atomic E-state index is -0.345. The Morgan fingerprint density at radius 3 is 2.63 bits per heavy atom. The third-order valence-electron chi connectivity index (χ3n) is 3.35. The molecule has 0 unspecified atom stereocenters. The van der Waals surface area contributed by atoms with Crippen molar-refractivity contribution in [2.45, 2.75) is 19.1 Å². The molecule has 0 spiro atoms. The molecule has 0 saturated carbocycles. The average Bonchev–Trinajstić information content (AvgIpc) is 2.92. The van der Waals surface area contributed by atoms with Gasteiger partial charge in [0, 0.05) is 6.42 Å². The summed E-state index contributed by atoms with van der Waals surface area (Å²) in [4.78, 5) is 12.1. The van der Waals surface area contributed by atoms with Gasteiger partial charge in [-0.3, -0.25) is 4.79 Å². The summed E-state index contributed by atoms with van der Waals surface area (Å²) in [7, 11) is 0. The van der Waals surface area contributed by atoms with E-state index in [-0.39, 0.29) is 12.1 Å². The highest BCUT2D eigenvalue weighted by Crippen LogP contribution is 2.20. The second-order valence-corrected chi connectivity index (χ2v) is 4.73. The van der Waals surface area contributed by atoms with Crippen LogP contribution in [-0.4, -0.2) is 25.3 Å². The molecule has 3 rings (SSSR count). The summed E-state index contributed by atoms with van der Waals surface area (Å²) in [5.41, 5.74) is 1.07. The van der Waals surface area contributed by atoms with E-state index < -0.39 is 0 Å². The Kier molecular flexibility index (Phi) is 3.58. The first-order valence-corrected chi connectivity index (χ1v) is 6.54. The fraction of sp³-hybridized carbons (Fsp3) is 0.312. The lowest BCUT2D eigenvalue weighted by Crippen LogP contribution is -2.15. The van der Waals surface area contributed by atoms with Crippen LogP contribution >= 0.6 is 0 Å². The smallest absolute Gasteiger partial charge is 0.164 e. The maximum Gasteiger partial charge on any atom is 0.164 e. The van der Waals surface area contributed by atoms with Crippen molar-refractivity contribution in [1.82, 2.24) is 0 Å². The lowest BCUT2D eigenvalue weighted by atomic mass is 9.99. The fourth-order valence-corrected chi connectivity index (χ4v) is 2.44. The van der Waals surface area contributed by atoms with Crippen molar-refractivity contribution < 1.29 is 14.3 Å². The Bertz CT molecular complexity index is 580. The monoisotopic (exact) mass is 256 g/mol. The number of carbonyl (C=O) groups excluding carboxylic acids is 1. The third kappa shape index (κ3) is 2.83. The Labute approximate surface area is 112 Å². The van der Waals surface area contributed by atoms with Crippen molar-refractivity contribution in [2.75, 3.05) is 13.2 Å². The molecule has 1 heterocycles. The number of benzene rings is 2. The maximum atomic E-state index is 12.1. The highest BCUT2D eigenvalue weighted by molar-refractivity contribution is 5.90. The molecule has 0 bridgehead atoms. The zero-order valence-corrected chi connectivity index (χ0v) is 10.7. The molecule has 2 aromatic rings. The van der Waals surface area contributed by atoms with Gasteiger partial charge >= 0.3 is 0 Å². The van der Waals surface area contributed by atoms with Crippen LogP contribution in [0.3, 0.4) is 0 Å². The maximum absolute atomic E-state index is 12.1. The Morgan fingerprint density at radius 2 is 1.79 bits per heavy atom. The molecule has 3 heteroatoms. The number of ether oxygens (including phenoxy) is 2. The van der Waals surface area contributed by atoms with Crippen LogP contribution < -0.4 is 0 Å². The zero-order valence-electron chi connectivity index (χ0n) is 10.7. The third-order valence-corrected chi connectivity index (χ3v) is 3.35. The van der Waals surface area contributed by atoms with Gasteiger partial charge in [-0.25, -0.2) is 0 Å². The van der Waals surface area contributed by atoms with Crippen molar-refractivity contribution >= 4 is 16.6 Å². The standard InChI is InChI=1S/C16H16O3/c17-14(11-16-18-8-9-19-16)10-13-6-3-5-12-4-1-2-7-15(12)13/h1-7,16H,8-11H2. The quantitative estimate of drug-likeness (QED) is 0.843. The van der Waals surface area contributed by atoms with Crippen LogP contribution in [0.15, 0.2) is 42.5 Å². The van der Waals surface area contributed by atoms with Gasteiger partial charge < -0.3 is 9.47 Å². The average molecular weight is 256 g/mol. The van der Waals surface area contributed by atoms with Gasteiger partial charge in [0.05, 0.1) is 19.6 Å². The number of fused-ring (bicyclic) bond motifs is 1. The normalized spacial score (nSPS) is 16.0. The number of hydrogen-bond acceptors (Lipinski definition) is 3. The molecule has 0 aromatic heterocycles. The number of hydrogen-bond donors (Lipinski definition) is 0. The first kappa shape index (κ1) is 12.3.